The molecule has 0 aromatic heterocycles. The lowest BCUT2D eigenvalue weighted by Crippen LogP contribution is -2.44. The van der Waals surface area contributed by atoms with Crippen LogP contribution in [0.2, 0.25) is 5.02 Å². The predicted octanol–water partition coefficient (Wildman–Crippen LogP) is 3.46. The van der Waals surface area contributed by atoms with Crippen molar-refractivity contribution < 1.29 is 17.6 Å². The van der Waals surface area contributed by atoms with Gasteiger partial charge < -0.3 is 5.32 Å². The van der Waals surface area contributed by atoms with E-state index in [9.17, 15) is 17.6 Å². The largest absolute Gasteiger partial charge is 0.416 e. The van der Waals surface area contributed by atoms with E-state index in [0.717, 1.165) is 19.2 Å². The fourth-order valence-corrected chi connectivity index (χ4v) is 2.57. The van der Waals surface area contributed by atoms with E-state index in [-0.39, 0.29) is 5.56 Å². The second-order valence-corrected chi connectivity index (χ2v) is 5.23. The standard InChI is InChI=1S/C13H15ClF4N2/c1-8(20-4-2-19-3-5-20)10-6-9(13(16,17)18)7-11(14)12(10)15/h6-8,19H,2-5H2,1H3/t8-/m1/s1. The van der Waals surface area contributed by atoms with Gasteiger partial charge in [-0.05, 0) is 19.1 Å². The summed E-state index contributed by atoms with van der Waals surface area (Å²) >= 11 is 5.60. The third kappa shape index (κ3) is 3.24. The van der Waals surface area contributed by atoms with Crippen molar-refractivity contribution in [3.63, 3.8) is 0 Å². The van der Waals surface area contributed by atoms with Crippen molar-refractivity contribution >= 4 is 11.6 Å². The summed E-state index contributed by atoms with van der Waals surface area (Å²) < 4.78 is 52.4. The van der Waals surface area contributed by atoms with Crippen molar-refractivity contribution in [2.24, 2.45) is 0 Å². The Morgan fingerprint density at radius 1 is 1.25 bits per heavy atom. The minimum atomic E-state index is -4.53. The number of halogens is 5. The van der Waals surface area contributed by atoms with Gasteiger partial charge in [-0.25, -0.2) is 4.39 Å². The van der Waals surface area contributed by atoms with Crippen LogP contribution < -0.4 is 5.32 Å². The fourth-order valence-electron chi connectivity index (χ4n) is 2.34. The molecule has 1 aliphatic rings. The molecule has 1 aromatic carbocycles. The van der Waals surface area contributed by atoms with Gasteiger partial charge in [0.2, 0.25) is 0 Å². The number of alkyl halides is 3. The summed E-state index contributed by atoms with van der Waals surface area (Å²) in [7, 11) is 0. The maximum Gasteiger partial charge on any atom is 0.416 e. The number of rotatable bonds is 2. The van der Waals surface area contributed by atoms with Gasteiger partial charge in [-0.15, -0.1) is 0 Å². The number of benzene rings is 1. The van der Waals surface area contributed by atoms with Crippen LogP contribution in [0.1, 0.15) is 24.1 Å². The summed E-state index contributed by atoms with van der Waals surface area (Å²) in [5.74, 6) is -0.773. The summed E-state index contributed by atoms with van der Waals surface area (Å²) in [6.07, 6.45) is -4.53. The number of hydrogen-bond acceptors (Lipinski definition) is 2. The molecule has 2 rings (SSSR count). The van der Waals surface area contributed by atoms with Crippen molar-refractivity contribution in [3.05, 3.63) is 34.1 Å². The highest BCUT2D eigenvalue weighted by atomic mass is 35.5. The molecule has 0 bridgehead atoms. The second-order valence-electron chi connectivity index (χ2n) is 4.82. The highest BCUT2D eigenvalue weighted by Gasteiger charge is 2.33. The van der Waals surface area contributed by atoms with Gasteiger partial charge >= 0.3 is 6.18 Å². The first-order chi connectivity index (χ1) is 9.30. The summed E-state index contributed by atoms with van der Waals surface area (Å²) in [5.41, 5.74) is -0.924. The van der Waals surface area contributed by atoms with E-state index >= 15 is 0 Å². The first-order valence-corrected chi connectivity index (χ1v) is 6.69. The zero-order valence-corrected chi connectivity index (χ0v) is 11.7. The summed E-state index contributed by atoms with van der Waals surface area (Å²) in [6.45, 7) is 4.49. The minimum absolute atomic E-state index is 0.00766. The highest BCUT2D eigenvalue weighted by Crippen LogP contribution is 2.36. The van der Waals surface area contributed by atoms with Gasteiger partial charge in [0.05, 0.1) is 10.6 Å². The van der Waals surface area contributed by atoms with Gasteiger partial charge in [0.1, 0.15) is 5.82 Å². The van der Waals surface area contributed by atoms with Crippen molar-refractivity contribution in [1.29, 1.82) is 0 Å². The Kier molecular flexibility index (Phi) is 4.56. The lowest BCUT2D eigenvalue weighted by molar-refractivity contribution is -0.137. The van der Waals surface area contributed by atoms with Crippen molar-refractivity contribution in [1.82, 2.24) is 10.2 Å². The van der Waals surface area contributed by atoms with E-state index in [1.54, 1.807) is 6.92 Å². The van der Waals surface area contributed by atoms with Crippen LogP contribution in [-0.4, -0.2) is 31.1 Å². The molecule has 112 valence electrons. The first-order valence-electron chi connectivity index (χ1n) is 6.31. The summed E-state index contributed by atoms with van der Waals surface area (Å²) in [5, 5.41) is 2.65. The Hall–Kier alpha value is -0.850. The molecule has 0 amide bonds. The van der Waals surface area contributed by atoms with Gasteiger partial charge in [-0.1, -0.05) is 11.6 Å². The maximum absolute atomic E-state index is 14.0. The zero-order valence-electron chi connectivity index (χ0n) is 10.9. The molecule has 1 fully saturated rings. The Bertz CT molecular complexity index is 484. The fraction of sp³-hybridized carbons (Fsp3) is 0.538. The predicted molar refractivity (Wildman–Crippen MR) is 69.3 cm³/mol. The van der Waals surface area contributed by atoms with Gasteiger partial charge in [0.25, 0.3) is 0 Å². The molecular formula is C13H15ClF4N2. The van der Waals surface area contributed by atoms with E-state index < -0.39 is 28.6 Å². The third-order valence-electron chi connectivity index (χ3n) is 3.53. The molecule has 1 N–H and O–H groups in total. The van der Waals surface area contributed by atoms with E-state index in [4.69, 9.17) is 11.6 Å². The molecule has 0 radical (unpaired) electrons. The van der Waals surface area contributed by atoms with E-state index in [1.807, 2.05) is 4.90 Å². The summed E-state index contributed by atoms with van der Waals surface area (Å²) in [4.78, 5) is 1.94. The van der Waals surface area contributed by atoms with Crippen LogP contribution in [-0.2, 0) is 6.18 Å². The highest BCUT2D eigenvalue weighted by molar-refractivity contribution is 6.30. The van der Waals surface area contributed by atoms with Crippen molar-refractivity contribution in [2.75, 3.05) is 26.2 Å². The monoisotopic (exact) mass is 310 g/mol. The molecule has 1 aromatic rings. The van der Waals surface area contributed by atoms with Crippen LogP contribution in [0.5, 0.6) is 0 Å². The average Bonchev–Trinajstić information content (AvgIpc) is 2.40. The van der Waals surface area contributed by atoms with Crippen LogP contribution in [0.4, 0.5) is 17.6 Å². The summed E-state index contributed by atoms with van der Waals surface area (Å²) in [6, 6.07) is 1.04. The first kappa shape index (κ1) is 15.5. The molecule has 1 atom stereocenters. The number of piperazine rings is 1. The minimum Gasteiger partial charge on any atom is -0.314 e. The Morgan fingerprint density at radius 3 is 2.40 bits per heavy atom. The molecule has 0 spiro atoms. The Balaban J connectivity index is 2.36. The van der Waals surface area contributed by atoms with E-state index in [2.05, 4.69) is 5.32 Å². The number of nitrogens with zero attached hydrogens (tertiary/aromatic N) is 1. The number of hydrogen-bond donors (Lipinski definition) is 1. The SMILES string of the molecule is C[C@H](c1cc(C(F)(F)F)cc(Cl)c1F)N1CCNCC1. The van der Waals surface area contributed by atoms with Gasteiger partial charge in [0, 0.05) is 37.8 Å². The van der Waals surface area contributed by atoms with Gasteiger partial charge in [0.15, 0.2) is 0 Å². The molecule has 7 heteroatoms. The molecule has 1 heterocycles. The molecule has 1 saturated heterocycles. The maximum atomic E-state index is 14.0. The normalized spacial score (nSPS) is 19.1. The molecule has 0 aliphatic carbocycles. The molecule has 20 heavy (non-hydrogen) atoms. The quantitative estimate of drug-likeness (QED) is 0.842. The van der Waals surface area contributed by atoms with Gasteiger partial charge in [-0.2, -0.15) is 13.2 Å². The Labute approximate surface area is 119 Å². The van der Waals surface area contributed by atoms with Crippen molar-refractivity contribution in [3.8, 4) is 0 Å². The third-order valence-corrected chi connectivity index (χ3v) is 3.81. The van der Waals surface area contributed by atoms with Gasteiger partial charge in [-0.3, -0.25) is 4.90 Å². The van der Waals surface area contributed by atoms with E-state index in [1.165, 1.54) is 0 Å². The van der Waals surface area contributed by atoms with Crippen LogP contribution in [0.25, 0.3) is 0 Å². The lowest BCUT2D eigenvalue weighted by atomic mass is 10.0. The molecule has 1 aliphatic heterocycles. The van der Waals surface area contributed by atoms with Crippen molar-refractivity contribution in [2.45, 2.75) is 19.1 Å². The number of nitrogens with one attached hydrogen (secondary N) is 1. The second kappa shape index (κ2) is 5.87. The zero-order chi connectivity index (χ0) is 14.9. The lowest BCUT2D eigenvalue weighted by Gasteiger charge is -2.33. The average molecular weight is 311 g/mol. The molecule has 0 saturated carbocycles. The van der Waals surface area contributed by atoms with Crippen LogP contribution >= 0.6 is 11.6 Å². The topological polar surface area (TPSA) is 15.3 Å². The van der Waals surface area contributed by atoms with E-state index in [0.29, 0.717) is 19.2 Å². The van der Waals surface area contributed by atoms with Crippen LogP contribution in [0, 0.1) is 5.82 Å². The Morgan fingerprint density at radius 2 is 1.85 bits per heavy atom. The molecule has 0 unspecified atom stereocenters. The van der Waals surface area contributed by atoms with Crippen LogP contribution in [0.15, 0.2) is 12.1 Å². The molecule has 2 nitrogen and oxygen atoms in total. The smallest absolute Gasteiger partial charge is 0.314 e. The molecular weight excluding hydrogens is 296 g/mol. The van der Waals surface area contributed by atoms with Crippen LogP contribution in [0.3, 0.4) is 0 Å².